The third-order valence-corrected chi connectivity index (χ3v) is 2.78. The number of carbonyl (C=O) groups is 1. The minimum atomic E-state index is -0.104. The molecule has 0 bridgehead atoms. The third kappa shape index (κ3) is 1.43. The Morgan fingerprint density at radius 2 is 2.33 bits per heavy atom. The summed E-state index contributed by atoms with van der Waals surface area (Å²) in [6.45, 7) is 4.12. The van der Waals surface area contributed by atoms with Crippen LogP contribution in [0.1, 0.15) is 20.3 Å². The summed E-state index contributed by atoms with van der Waals surface area (Å²) in [5.74, 6) is 0.440. The number of likely N-dealkylation sites (N-methyl/N-ethyl adjacent to an activating group) is 1. The second kappa shape index (κ2) is 3.39. The van der Waals surface area contributed by atoms with E-state index in [0.717, 1.165) is 6.42 Å². The van der Waals surface area contributed by atoms with E-state index in [-0.39, 0.29) is 11.9 Å². The van der Waals surface area contributed by atoms with Crippen molar-refractivity contribution < 1.29 is 4.79 Å². The number of hydrogen-bond donors (Lipinski definition) is 1. The molecule has 0 radical (unpaired) electrons. The lowest BCUT2D eigenvalue weighted by Gasteiger charge is -2.14. The van der Waals surface area contributed by atoms with Gasteiger partial charge in [0.25, 0.3) is 5.91 Å². The molecule has 1 fully saturated rings. The molecular weight excluding hydrogens is 172 g/mol. The van der Waals surface area contributed by atoms with Crippen LogP contribution in [0.5, 0.6) is 0 Å². The van der Waals surface area contributed by atoms with Crippen molar-refractivity contribution in [3.8, 4) is 0 Å². The van der Waals surface area contributed by atoms with Gasteiger partial charge in [0.2, 0.25) is 0 Å². The van der Waals surface area contributed by atoms with Gasteiger partial charge in [-0.15, -0.1) is 0 Å². The molecular formula is C8H14N2OS. The second-order valence-corrected chi connectivity index (χ2v) is 3.60. The molecule has 4 heteroatoms. The van der Waals surface area contributed by atoms with E-state index in [1.807, 2.05) is 0 Å². The van der Waals surface area contributed by atoms with Crippen LogP contribution in [0.4, 0.5) is 0 Å². The van der Waals surface area contributed by atoms with Gasteiger partial charge >= 0.3 is 0 Å². The zero-order valence-corrected chi connectivity index (χ0v) is 8.44. The molecule has 0 unspecified atom stereocenters. The van der Waals surface area contributed by atoms with Crippen molar-refractivity contribution in [3.05, 3.63) is 0 Å². The summed E-state index contributed by atoms with van der Waals surface area (Å²) in [5, 5.41) is 3.56. The van der Waals surface area contributed by atoms with Crippen molar-refractivity contribution in [1.29, 1.82) is 0 Å². The van der Waals surface area contributed by atoms with Crippen LogP contribution >= 0.6 is 12.2 Å². The van der Waals surface area contributed by atoms with Crippen molar-refractivity contribution in [3.63, 3.8) is 0 Å². The number of thiocarbonyl (C=S) groups is 1. The van der Waals surface area contributed by atoms with Crippen LogP contribution in [0.15, 0.2) is 0 Å². The lowest BCUT2D eigenvalue weighted by Crippen LogP contribution is -2.35. The summed E-state index contributed by atoms with van der Waals surface area (Å²) in [6.07, 6.45) is 0.986. The fourth-order valence-electron chi connectivity index (χ4n) is 1.22. The first-order valence-electron chi connectivity index (χ1n) is 4.16. The maximum absolute atomic E-state index is 11.5. The van der Waals surface area contributed by atoms with Crippen molar-refractivity contribution >= 4 is 23.2 Å². The van der Waals surface area contributed by atoms with E-state index in [9.17, 15) is 4.79 Å². The Morgan fingerprint density at radius 3 is 2.67 bits per heavy atom. The molecule has 1 aliphatic heterocycles. The van der Waals surface area contributed by atoms with Crippen LogP contribution in [0, 0.1) is 5.92 Å². The monoisotopic (exact) mass is 186 g/mol. The van der Waals surface area contributed by atoms with Gasteiger partial charge in [-0.3, -0.25) is 9.69 Å². The minimum Gasteiger partial charge on any atom is -0.350 e. The molecule has 1 amide bonds. The Bertz CT molecular complexity index is 217. The molecule has 12 heavy (non-hydrogen) atoms. The van der Waals surface area contributed by atoms with Gasteiger partial charge in [-0.2, -0.15) is 0 Å². The standard InChI is InChI=1S/C8H14N2OS/c1-4-5(2)6-7(11)10(3)8(12)9-6/h5-6H,4H2,1-3H3,(H,9,12)/t5-,6+/m1/s1. The van der Waals surface area contributed by atoms with Crippen LogP contribution in [0.2, 0.25) is 0 Å². The Hall–Kier alpha value is -0.640. The first-order valence-corrected chi connectivity index (χ1v) is 4.56. The van der Waals surface area contributed by atoms with Crippen LogP contribution < -0.4 is 5.32 Å². The van der Waals surface area contributed by atoms with E-state index in [1.165, 1.54) is 4.90 Å². The van der Waals surface area contributed by atoms with Crippen LogP contribution in [0.3, 0.4) is 0 Å². The largest absolute Gasteiger partial charge is 0.350 e. The van der Waals surface area contributed by atoms with E-state index < -0.39 is 0 Å². The molecule has 0 aliphatic carbocycles. The molecule has 68 valence electrons. The van der Waals surface area contributed by atoms with Crippen molar-refractivity contribution in [2.24, 2.45) is 5.92 Å². The number of hydrogen-bond acceptors (Lipinski definition) is 2. The van der Waals surface area contributed by atoms with Gasteiger partial charge in [0, 0.05) is 7.05 Å². The number of carbonyl (C=O) groups excluding carboxylic acids is 1. The van der Waals surface area contributed by atoms with Gasteiger partial charge in [-0.1, -0.05) is 20.3 Å². The normalized spacial score (nSPS) is 25.9. The van der Waals surface area contributed by atoms with Crippen molar-refractivity contribution in [2.45, 2.75) is 26.3 Å². The van der Waals surface area contributed by atoms with Crippen LogP contribution in [-0.2, 0) is 4.79 Å². The fraction of sp³-hybridized carbons (Fsp3) is 0.750. The molecule has 3 nitrogen and oxygen atoms in total. The molecule has 2 atom stereocenters. The number of nitrogens with zero attached hydrogens (tertiary/aromatic N) is 1. The first kappa shape index (κ1) is 9.45. The highest BCUT2D eigenvalue weighted by atomic mass is 32.1. The number of rotatable bonds is 2. The maximum atomic E-state index is 11.5. The molecule has 1 aliphatic rings. The highest BCUT2D eigenvalue weighted by Gasteiger charge is 2.35. The SMILES string of the molecule is CC[C@@H](C)[C@@H]1NC(=S)N(C)C1=O. The quantitative estimate of drug-likeness (QED) is 0.646. The Kier molecular flexibility index (Phi) is 2.67. The van der Waals surface area contributed by atoms with Crippen molar-refractivity contribution in [2.75, 3.05) is 7.05 Å². The molecule has 1 rings (SSSR count). The zero-order chi connectivity index (χ0) is 9.30. The predicted octanol–water partition coefficient (Wildman–Crippen LogP) is 0.748. The first-order chi connectivity index (χ1) is 5.57. The van der Waals surface area contributed by atoms with E-state index in [2.05, 4.69) is 19.2 Å². The molecule has 0 saturated carbocycles. The van der Waals surface area contributed by atoms with E-state index >= 15 is 0 Å². The summed E-state index contributed by atoms with van der Waals surface area (Å²) < 4.78 is 0. The molecule has 1 saturated heterocycles. The predicted molar refractivity (Wildman–Crippen MR) is 51.7 cm³/mol. The van der Waals surface area contributed by atoms with E-state index in [1.54, 1.807) is 7.05 Å². The van der Waals surface area contributed by atoms with Crippen LogP contribution in [0.25, 0.3) is 0 Å². The summed E-state index contributed by atoms with van der Waals surface area (Å²) in [7, 11) is 1.71. The van der Waals surface area contributed by atoms with Gasteiger partial charge in [-0.05, 0) is 18.1 Å². The summed E-state index contributed by atoms with van der Waals surface area (Å²) in [5.41, 5.74) is 0. The minimum absolute atomic E-state index is 0.0920. The topological polar surface area (TPSA) is 32.3 Å². The number of nitrogens with one attached hydrogen (secondary N) is 1. The molecule has 0 aromatic carbocycles. The second-order valence-electron chi connectivity index (χ2n) is 3.21. The van der Waals surface area contributed by atoms with Crippen LogP contribution in [-0.4, -0.2) is 29.0 Å². The maximum Gasteiger partial charge on any atom is 0.251 e. The van der Waals surface area contributed by atoms with Gasteiger partial charge in [0.05, 0.1) is 0 Å². The van der Waals surface area contributed by atoms with Gasteiger partial charge in [0.15, 0.2) is 5.11 Å². The summed E-state index contributed by atoms with van der Waals surface area (Å²) in [4.78, 5) is 13.0. The van der Waals surface area contributed by atoms with Gasteiger partial charge in [-0.25, -0.2) is 0 Å². The summed E-state index contributed by atoms with van der Waals surface area (Å²) >= 11 is 4.96. The average molecular weight is 186 g/mol. The molecule has 0 aromatic rings. The molecule has 0 aromatic heterocycles. The molecule has 0 spiro atoms. The Balaban J connectivity index is 2.71. The highest BCUT2D eigenvalue weighted by Crippen LogP contribution is 2.15. The number of amides is 1. The Labute approximate surface area is 78.1 Å². The molecule has 1 heterocycles. The zero-order valence-electron chi connectivity index (χ0n) is 7.63. The Morgan fingerprint density at radius 1 is 1.75 bits per heavy atom. The van der Waals surface area contributed by atoms with E-state index in [4.69, 9.17) is 12.2 Å². The third-order valence-electron chi connectivity index (χ3n) is 2.39. The molecule has 1 N–H and O–H groups in total. The average Bonchev–Trinajstić information content (AvgIpc) is 2.32. The lowest BCUT2D eigenvalue weighted by atomic mass is 10.00. The smallest absolute Gasteiger partial charge is 0.251 e. The van der Waals surface area contributed by atoms with Crippen molar-refractivity contribution in [1.82, 2.24) is 10.2 Å². The van der Waals surface area contributed by atoms with E-state index in [0.29, 0.717) is 11.0 Å². The fourth-order valence-corrected chi connectivity index (χ4v) is 1.44. The highest BCUT2D eigenvalue weighted by molar-refractivity contribution is 7.80. The lowest BCUT2D eigenvalue weighted by molar-refractivity contribution is -0.127. The van der Waals surface area contributed by atoms with Gasteiger partial charge < -0.3 is 5.32 Å². The van der Waals surface area contributed by atoms with Gasteiger partial charge in [0.1, 0.15) is 6.04 Å². The summed E-state index contributed by atoms with van der Waals surface area (Å²) in [6, 6.07) is -0.104.